The lowest BCUT2D eigenvalue weighted by molar-refractivity contribution is -0.141. The summed E-state index contributed by atoms with van der Waals surface area (Å²) in [5, 5.41) is 21.7. The number of aliphatic carboxylic acids is 2. The second-order valence-electron chi connectivity index (χ2n) is 7.12. The Morgan fingerprint density at radius 1 is 1.08 bits per heavy atom. The summed E-state index contributed by atoms with van der Waals surface area (Å²) in [6, 6.07) is 0.0723. The zero-order valence-corrected chi connectivity index (χ0v) is 14.1. The predicted molar refractivity (Wildman–Crippen MR) is 86.9 cm³/mol. The molecule has 2 fully saturated rings. The molecule has 0 radical (unpaired) electrons. The summed E-state index contributed by atoms with van der Waals surface area (Å²) in [6.45, 7) is 2.90. The second-order valence-corrected chi connectivity index (χ2v) is 7.12. The van der Waals surface area contributed by atoms with E-state index < -0.39 is 17.5 Å². The van der Waals surface area contributed by atoms with E-state index in [4.69, 9.17) is 0 Å². The third-order valence-corrected chi connectivity index (χ3v) is 5.02. The van der Waals surface area contributed by atoms with Crippen LogP contribution in [-0.2, 0) is 14.4 Å². The standard InChI is InChI=1S/C16H27N3O5/c1-16(17-6-7-20)10-18(8-14(21)22)12-4-2-3-5-13(12)19(11-16)9-15(23)24/h7,12-13,17H,2-6,8-11H2,1H3,(H,21,22)(H,23,24)/t12-,13-/m1/s1. The minimum atomic E-state index is -0.885. The molecule has 8 nitrogen and oxygen atoms in total. The summed E-state index contributed by atoms with van der Waals surface area (Å²) in [5.41, 5.74) is -0.539. The SMILES string of the molecule is CC1(NCC=O)CN(CC(=O)O)[C@@H]2CCCC[C@H]2N(CC(=O)O)C1. The van der Waals surface area contributed by atoms with Crippen LogP contribution in [0.2, 0.25) is 0 Å². The minimum Gasteiger partial charge on any atom is -0.480 e. The number of aldehydes is 1. The summed E-state index contributed by atoms with van der Waals surface area (Å²) in [4.78, 5) is 37.3. The highest BCUT2D eigenvalue weighted by Crippen LogP contribution is 2.32. The van der Waals surface area contributed by atoms with Crippen LogP contribution in [0, 0.1) is 0 Å². The van der Waals surface area contributed by atoms with Crippen LogP contribution in [0.4, 0.5) is 0 Å². The zero-order valence-electron chi connectivity index (χ0n) is 14.1. The van der Waals surface area contributed by atoms with Crippen molar-refractivity contribution in [2.24, 2.45) is 0 Å². The van der Waals surface area contributed by atoms with Gasteiger partial charge in [0.25, 0.3) is 0 Å². The lowest BCUT2D eigenvalue weighted by Crippen LogP contribution is -2.56. The maximum Gasteiger partial charge on any atom is 0.317 e. The number of nitrogens with zero attached hydrogens (tertiary/aromatic N) is 2. The van der Waals surface area contributed by atoms with E-state index in [9.17, 15) is 24.6 Å². The van der Waals surface area contributed by atoms with Gasteiger partial charge < -0.3 is 20.3 Å². The Labute approximate surface area is 141 Å². The predicted octanol–water partition coefficient (Wildman–Crippen LogP) is -0.368. The smallest absolute Gasteiger partial charge is 0.317 e. The lowest BCUT2D eigenvalue weighted by atomic mass is 9.88. The molecule has 0 aromatic heterocycles. The molecule has 0 aromatic rings. The molecular weight excluding hydrogens is 314 g/mol. The average Bonchev–Trinajstić information content (AvgIpc) is 2.61. The van der Waals surface area contributed by atoms with Gasteiger partial charge in [-0.15, -0.1) is 0 Å². The van der Waals surface area contributed by atoms with Crippen LogP contribution in [0.15, 0.2) is 0 Å². The Hall–Kier alpha value is -1.51. The molecule has 1 heterocycles. The second kappa shape index (κ2) is 8.04. The van der Waals surface area contributed by atoms with E-state index in [0.717, 1.165) is 32.0 Å². The number of nitrogens with one attached hydrogen (secondary N) is 1. The van der Waals surface area contributed by atoms with Crippen molar-refractivity contribution in [3.05, 3.63) is 0 Å². The van der Waals surface area contributed by atoms with Crippen LogP contribution in [0.5, 0.6) is 0 Å². The monoisotopic (exact) mass is 341 g/mol. The maximum absolute atomic E-state index is 11.3. The van der Waals surface area contributed by atoms with Crippen LogP contribution in [0.1, 0.15) is 32.6 Å². The topological polar surface area (TPSA) is 110 Å². The fraction of sp³-hybridized carbons (Fsp3) is 0.812. The van der Waals surface area contributed by atoms with Gasteiger partial charge in [-0.25, -0.2) is 0 Å². The van der Waals surface area contributed by atoms with E-state index >= 15 is 0 Å². The molecule has 1 saturated heterocycles. The molecule has 1 aliphatic carbocycles. The van der Waals surface area contributed by atoms with E-state index in [1.54, 1.807) is 0 Å². The summed E-state index contributed by atoms with van der Waals surface area (Å²) in [5.74, 6) is -1.77. The number of hydrogen-bond donors (Lipinski definition) is 3. The Morgan fingerprint density at radius 2 is 1.54 bits per heavy atom. The van der Waals surface area contributed by atoms with Crippen molar-refractivity contribution in [1.82, 2.24) is 15.1 Å². The molecule has 2 rings (SSSR count). The molecule has 8 heteroatoms. The first-order chi connectivity index (χ1) is 11.3. The molecule has 0 aromatic carbocycles. The summed E-state index contributed by atoms with van der Waals surface area (Å²) < 4.78 is 0. The molecule has 24 heavy (non-hydrogen) atoms. The van der Waals surface area contributed by atoms with E-state index in [1.165, 1.54) is 0 Å². The Bertz CT molecular complexity index is 450. The third-order valence-electron chi connectivity index (χ3n) is 5.02. The van der Waals surface area contributed by atoms with Crippen molar-refractivity contribution in [2.75, 3.05) is 32.7 Å². The fourth-order valence-corrected chi connectivity index (χ4v) is 4.22. The van der Waals surface area contributed by atoms with Crippen LogP contribution in [-0.4, -0.2) is 88.6 Å². The van der Waals surface area contributed by atoms with Gasteiger partial charge in [0.2, 0.25) is 0 Å². The average molecular weight is 341 g/mol. The largest absolute Gasteiger partial charge is 0.480 e. The molecule has 0 bridgehead atoms. The Morgan fingerprint density at radius 3 is 1.92 bits per heavy atom. The highest BCUT2D eigenvalue weighted by Gasteiger charge is 2.44. The van der Waals surface area contributed by atoms with Gasteiger partial charge >= 0.3 is 11.9 Å². The lowest BCUT2D eigenvalue weighted by Gasteiger charge is -2.41. The zero-order chi connectivity index (χ0) is 17.7. The summed E-state index contributed by atoms with van der Waals surface area (Å²) >= 11 is 0. The molecule has 0 amide bonds. The number of carbonyl (C=O) groups is 3. The van der Waals surface area contributed by atoms with Crippen molar-refractivity contribution in [3.63, 3.8) is 0 Å². The first-order valence-corrected chi connectivity index (χ1v) is 8.45. The third kappa shape index (κ3) is 4.75. The molecule has 1 aliphatic heterocycles. The van der Waals surface area contributed by atoms with Gasteiger partial charge in [0, 0.05) is 30.7 Å². The van der Waals surface area contributed by atoms with Crippen LogP contribution < -0.4 is 5.32 Å². The van der Waals surface area contributed by atoms with E-state index in [0.29, 0.717) is 13.1 Å². The molecular formula is C16H27N3O5. The molecule has 1 saturated carbocycles. The van der Waals surface area contributed by atoms with Crippen LogP contribution in [0.3, 0.4) is 0 Å². The Balaban J connectivity index is 2.31. The minimum absolute atomic E-state index is 0.0362. The first kappa shape index (κ1) is 18.8. The van der Waals surface area contributed by atoms with Crippen LogP contribution in [0.25, 0.3) is 0 Å². The van der Waals surface area contributed by atoms with E-state index in [2.05, 4.69) is 5.32 Å². The van der Waals surface area contributed by atoms with Gasteiger partial charge in [0.05, 0.1) is 19.6 Å². The fourth-order valence-electron chi connectivity index (χ4n) is 4.22. The Kier molecular flexibility index (Phi) is 6.31. The van der Waals surface area contributed by atoms with E-state index in [1.807, 2.05) is 16.7 Å². The number of rotatable bonds is 7. The normalized spacial score (nSPS) is 27.9. The first-order valence-electron chi connectivity index (χ1n) is 8.45. The number of carbonyl (C=O) groups excluding carboxylic acids is 1. The highest BCUT2D eigenvalue weighted by molar-refractivity contribution is 5.69. The number of carboxylic acid groups (broad SMARTS) is 2. The van der Waals surface area contributed by atoms with Crippen LogP contribution >= 0.6 is 0 Å². The number of carboxylic acids is 2. The van der Waals surface area contributed by atoms with Gasteiger partial charge in [-0.2, -0.15) is 0 Å². The van der Waals surface area contributed by atoms with Gasteiger partial charge in [-0.3, -0.25) is 19.4 Å². The number of fused-ring (bicyclic) bond motifs is 1. The van der Waals surface area contributed by atoms with Gasteiger partial charge in [0.15, 0.2) is 0 Å². The van der Waals surface area contributed by atoms with Crippen molar-refractivity contribution in [3.8, 4) is 0 Å². The van der Waals surface area contributed by atoms with Gasteiger partial charge in [-0.05, 0) is 19.8 Å². The molecule has 3 N–H and O–H groups in total. The molecule has 0 spiro atoms. The molecule has 136 valence electrons. The van der Waals surface area contributed by atoms with Crippen molar-refractivity contribution < 1.29 is 24.6 Å². The van der Waals surface area contributed by atoms with Crippen molar-refractivity contribution >= 4 is 18.2 Å². The molecule has 2 aliphatic rings. The highest BCUT2D eigenvalue weighted by atomic mass is 16.4. The maximum atomic E-state index is 11.3. The number of hydrogen-bond acceptors (Lipinski definition) is 6. The van der Waals surface area contributed by atoms with E-state index in [-0.39, 0.29) is 31.7 Å². The van der Waals surface area contributed by atoms with Crippen molar-refractivity contribution in [1.29, 1.82) is 0 Å². The van der Waals surface area contributed by atoms with Gasteiger partial charge in [-0.1, -0.05) is 12.8 Å². The molecule has 0 unspecified atom stereocenters. The molecule has 2 atom stereocenters. The van der Waals surface area contributed by atoms with Gasteiger partial charge in [0.1, 0.15) is 6.29 Å². The van der Waals surface area contributed by atoms with Crippen molar-refractivity contribution in [2.45, 2.75) is 50.2 Å². The quantitative estimate of drug-likeness (QED) is 0.538. The summed E-state index contributed by atoms with van der Waals surface area (Å²) in [7, 11) is 0. The summed E-state index contributed by atoms with van der Waals surface area (Å²) in [6.07, 6.45) is 4.56.